The molecule has 1 fully saturated rings. The molecule has 9 nitrogen and oxygen atoms in total. The van der Waals surface area contributed by atoms with Gasteiger partial charge in [-0.15, -0.1) is 0 Å². The number of ether oxygens (including phenoxy) is 1. The first-order chi connectivity index (χ1) is 16.0. The van der Waals surface area contributed by atoms with Crippen molar-refractivity contribution in [3.05, 3.63) is 94.5 Å². The van der Waals surface area contributed by atoms with Crippen LogP contribution in [-0.4, -0.2) is 35.6 Å². The van der Waals surface area contributed by atoms with Gasteiger partial charge in [-0.05, 0) is 54.1 Å². The number of rotatable bonds is 5. The average Bonchev–Trinajstić information content (AvgIpc) is 3.36. The molecule has 2 unspecified atom stereocenters. The average molecular weight is 442 g/mol. The zero-order valence-corrected chi connectivity index (χ0v) is 17.5. The van der Waals surface area contributed by atoms with Crippen LogP contribution < -0.4 is 14.6 Å². The predicted octanol–water partition coefficient (Wildman–Crippen LogP) is 3.39. The molecular formula is C24H18N4O5. The Labute approximate surface area is 188 Å². The lowest BCUT2D eigenvalue weighted by Gasteiger charge is -2.22. The highest BCUT2D eigenvalue weighted by atomic mass is 16.6. The summed E-state index contributed by atoms with van der Waals surface area (Å²) in [6.45, 7) is 0. The number of anilines is 2. The molecule has 2 amide bonds. The first-order valence-electron chi connectivity index (χ1n) is 10.2. The van der Waals surface area contributed by atoms with Crippen molar-refractivity contribution >= 4 is 34.6 Å². The van der Waals surface area contributed by atoms with Crippen LogP contribution in [0.2, 0.25) is 0 Å². The number of imide groups is 1. The van der Waals surface area contributed by atoms with Crippen molar-refractivity contribution in [2.24, 2.45) is 11.0 Å². The monoisotopic (exact) mass is 442 g/mol. The number of methoxy groups -OCH3 is 1. The Morgan fingerprint density at radius 1 is 0.879 bits per heavy atom. The minimum atomic E-state index is -0.854. The van der Waals surface area contributed by atoms with Crippen molar-refractivity contribution in [2.75, 3.05) is 17.0 Å². The quantitative estimate of drug-likeness (QED) is 0.341. The van der Waals surface area contributed by atoms with E-state index in [-0.39, 0.29) is 11.6 Å². The predicted molar refractivity (Wildman–Crippen MR) is 121 cm³/mol. The molecule has 2 heterocycles. The van der Waals surface area contributed by atoms with Gasteiger partial charge < -0.3 is 4.74 Å². The number of non-ortho nitro benzene ring substituents is 1. The van der Waals surface area contributed by atoms with Crippen LogP contribution in [0.25, 0.3) is 0 Å². The number of hydrogen-bond acceptors (Lipinski definition) is 7. The first kappa shape index (κ1) is 20.4. The van der Waals surface area contributed by atoms with Gasteiger partial charge in [-0.3, -0.25) is 24.7 Å². The third-order valence-electron chi connectivity index (χ3n) is 5.77. The van der Waals surface area contributed by atoms with Crippen LogP contribution >= 0.6 is 0 Å². The maximum Gasteiger partial charge on any atom is 0.269 e. The Kier molecular flexibility index (Phi) is 4.86. The van der Waals surface area contributed by atoms with Crippen LogP contribution in [-0.2, 0) is 9.59 Å². The molecule has 33 heavy (non-hydrogen) atoms. The number of hydrogen-bond donors (Lipinski definition) is 0. The SMILES string of the molecule is COc1ccc(N2C(=O)C3C(c4ccc([N+](=O)[O-])cc4)=NN(c4ccccc4)C3C2=O)cc1. The van der Waals surface area contributed by atoms with Crippen molar-refractivity contribution in [2.45, 2.75) is 6.04 Å². The van der Waals surface area contributed by atoms with Crippen LogP contribution in [0.3, 0.4) is 0 Å². The lowest BCUT2D eigenvalue weighted by atomic mass is 9.92. The topological polar surface area (TPSA) is 105 Å². The number of amides is 2. The van der Waals surface area contributed by atoms with Gasteiger partial charge in [-0.1, -0.05) is 18.2 Å². The Balaban J connectivity index is 1.59. The van der Waals surface area contributed by atoms with Crippen molar-refractivity contribution in [1.29, 1.82) is 0 Å². The Morgan fingerprint density at radius 3 is 2.15 bits per heavy atom. The van der Waals surface area contributed by atoms with E-state index in [0.717, 1.165) is 0 Å². The van der Waals surface area contributed by atoms with E-state index in [1.54, 1.807) is 41.4 Å². The lowest BCUT2D eigenvalue weighted by molar-refractivity contribution is -0.384. The van der Waals surface area contributed by atoms with Gasteiger partial charge in [0.25, 0.3) is 11.6 Å². The molecule has 0 radical (unpaired) electrons. The molecule has 0 spiro atoms. The fourth-order valence-electron chi connectivity index (χ4n) is 4.19. The van der Waals surface area contributed by atoms with E-state index in [4.69, 9.17) is 4.74 Å². The summed E-state index contributed by atoms with van der Waals surface area (Å²) in [7, 11) is 1.54. The molecule has 0 aliphatic carbocycles. The summed E-state index contributed by atoms with van der Waals surface area (Å²) in [6, 6.07) is 20.8. The van der Waals surface area contributed by atoms with E-state index in [2.05, 4.69) is 5.10 Å². The molecule has 3 aromatic carbocycles. The van der Waals surface area contributed by atoms with Crippen LogP contribution in [0.4, 0.5) is 17.1 Å². The summed E-state index contributed by atoms with van der Waals surface area (Å²) in [5, 5.41) is 17.2. The highest BCUT2D eigenvalue weighted by molar-refractivity contribution is 6.34. The normalized spacial score (nSPS) is 19.5. The Bertz CT molecular complexity index is 1270. The van der Waals surface area contributed by atoms with Gasteiger partial charge in [0.05, 0.1) is 29.1 Å². The summed E-state index contributed by atoms with van der Waals surface area (Å²) in [5.41, 5.74) is 1.99. The van der Waals surface area contributed by atoms with E-state index in [9.17, 15) is 19.7 Å². The molecule has 3 aromatic rings. The molecule has 164 valence electrons. The van der Waals surface area contributed by atoms with Crippen LogP contribution in [0.5, 0.6) is 5.75 Å². The summed E-state index contributed by atoms with van der Waals surface area (Å²) in [6.07, 6.45) is 0. The number of nitro groups is 1. The van der Waals surface area contributed by atoms with Gasteiger partial charge in [0.1, 0.15) is 17.7 Å². The number of para-hydroxylation sites is 1. The third kappa shape index (κ3) is 3.30. The molecule has 2 atom stereocenters. The van der Waals surface area contributed by atoms with Crippen molar-refractivity contribution in [3.63, 3.8) is 0 Å². The van der Waals surface area contributed by atoms with Crippen molar-refractivity contribution < 1.29 is 19.2 Å². The van der Waals surface area contributed by atoms with E-state index in [0.29, 0.717) is 28.4 Å². The van der Waals surface area contributed by atoms with Crippen molar-refractivity contribution in [1.82, 2.24) is 0 Å². The Morgan fingerprint density at radius 2 is 1.55 bits per heavy atom. The number of nitro benzene ring substituents is 1. The molecule has 9 heteroatoms. The van der Waals surface area contributed by atoms with Crippen molar-refractivity contribution in [3.8, 4) is 5.75 Å². The first-order valence-corrected chi connectivity index (χ1v) is 10.2. The molecule has 2 aliphatic heterocycles. The number of benzene rings is 3. The van der Waals surface area contributed by atoms with E-state index >= 15 is 0 Å². The minimum Gasteiger partial charge on any atom is -0.497 e. The lowest BCUT2D eigenvalue weighted by Crippen LogP contribution is -2.39. The van der Waals surface area contributed by atoms with Gasteiger partial charge in [0.15, 0.2) is 0 Å². The summed E-state index contributed by atoms with van der Waals surface area (Å²) >= 11 is 0. The van der Waals surface area contributed by atoms with Gasteiger partial charge in [-0.2, -0.15) is 5.10 Å². The number of hydrazone groups is 1. The number of fused-ring (bicyclic) bond motifs is 1. The molecule has 5 rings (SSSR count). The standard InChI is InChI=1S/C24H18N4O5/c1-33-19-13-11-16(12-14-19)26-23(29)20-21(15-7-9-18(10-8-15)28(31)32)25-27(22(20)24(26)30)17-5-3-2-4-6-17/h2-14,20,22H,1H3. The highest BCUT2D eigenvalue weighted by Gasteiger charge is 2.57. The van der Waals surface area contributed by atoms with E-state index in [1.807, 2.05) is 30.3 Å². The summed E-state index contributed by atoms with van der Waals surface area (Å²) in [5.74, 6) is -1.02. The number of carbonyl (C=O) groups is 2. The maximum absolute atomic E-state index is 13.5. The Hall–Kier alpha value is -4.53. The molecule has 0 bridgehead atoms. The molecule has 0 N–H and O–H groups in total. The molecule has 0 saturated carbocycles. The zero-order valence-electron chi connectivity index (χ0n) is 17.5. The second-order valence-corrected chi connectivity index (χ2v) is 7.60. The highest BCUT2D eigenvalue weighted by Crippen LogP contribution is 2.39. The van der Waals surface area contributed by atoms with E-state index < -0.39 is 22.8 Å². The number of carbonyl (C=O) groups excluding carboxylic acids is 2. The van der Waals surface area contributed by atoms with Gasteiger partial charge in [0, 0.05) is 12.1 Å². The maximum atomic E-state index is 13.5. The smallest absolute Gasteiger partial charge is 0.269 e. The second kappa shape index (κ2) is 7.86. The zero-order chi connectivity index (χ0) is 23.1. The molecule has 0 aromatic heterocycles. The summed E-state index contributed by atoms with van der Waals surface area (Å²) in [4.78, 5) is 38.8. The van der Waals surface area contributed by atoms with Gasteiger partial charge >= 0.3 is 0 Å². The molecular weight excluding hydrogens is 424 g/mol. The summed E-state index contributed by atoms with van der Waals surface area (Å²) < 4.78 is 5.17. The van der Waals surface area contributed by atoms with Gasteiger partial charge in [0.2, 0.25) is 5.91 Å². The second-order valence-electron chi connectivity index (χ2n) is 7.60. The van der Waals surface area contributed by atoms with Crippen LogP contribution in [0, 0.1) is 16.0 Å². The van der Waals surface area contributed by atoms with Gasteiger partial charge in [-0.25, -0.2) is 4.90 Å². The fourth-order valence-corrected chi connectivity index (χ4v) is 4.19. The fraction of sp³-hybridized carbons (Fsp3) is 0.125. The van der Waals surface area contributed by atoms with Crippen LogP contribution in [0.1, 0.15) is 5.56 Å². The number of nitrogens with zero attached hydrogens (tertiary/aromatic N) is 4. The largest absolute Gasteiger partial charge is 0.497 e. The van der Waals surface area contributed by atoms with Crippen LogP contribution in [0.15, 0.2) is 84.0 Å². The van der Waals surface area contributed by atoms with E-state index in [1.165, 1.54) is 24.1 Å². The third-order valence-corrected chi connectivity index (χ3v) is 5.77. The molecule has 1 saturated heterocycles. The minimum absolute atomic E-state index is 0.0671. The molecule has 2 aliphatic rings.